The fraction of sp³-hybridized carbons (Fsp3) is 0.200. The highest BCUT2D eigenvalue weighted by molar-refractivity contribution is 7.89. The first-order valence-electron chi connectivity index (χ1n) is 6.40. The fourth-order valence-electron chi connectivity index (χ4n) is 2.20. The molecule has 0 saturated heterocycles. The Morgan fingerprint density at radius 3 is 2.45 bits per heavy atom. The van der Waals surface area contributed by atoms with E-state index in [1.54, 1.807) is 31.2 Å². The summed E-state index contributed by atoms with van der Waals surface area (Å²) >= 11 is 0. The van der Waals surface area contributed by atoms with E-state index in [0.29, 0.717) is 17.6 Å². The third-order valence-electron chi connectivity index (χ3n) is 3.22. The molecule has 0 saturated carbocycles. The SMILES string of the molecule is C=CCN(CC)S(=O)(=O)c1ccc(N)c2ccccc12. The van der Waals surface area contributed by atoms with E-state index < -0.39 is 10.0 Å². The van der Waals surface area contributed by atoms with E-state index >= 15 is 0 Å². The van der Waals surface area contributed by atoms with Crippen molar-refractivity contribution in [3.8, 4) is 0 Å². The number of benzene rings is 2. The number of anilines is 1. The van der Waals surface area contributed by atoms with Crippen LogP contribution in [-0.4, -0.2) is 25.8 Å². The number of likely N-dealkylation sites (N-methyl/N-ethyl adjacent to an activating group) is 1. The zero-order valence-corrected chi connectivity index (χ0v) is 12.2. The molecule has 0 aromatic heterocycles. The van der Waals surface area contributed by atoms with Gasteiger partial charge in [0, 0.05) is 29.5 Å². The van der Waals surface area contributed by atoms with Gasteiger partial charge in [-0.2, -0.15) is 4.31 Å². The Kier molecular flexibility index (Phi) is 4.11. The molecule has 0 amide bonds. The number of sulfonamides is 1. The van der Waals surface area contributed by atoms with Crippen LogP contribution in [0.3, 0.4) is 0 Å². The van der Waals surface area contributed by atoms with Gasteiger partial charge >= 0.3 is 0 Å². The minimum atomic E-state index is -3.55. The normalized spacial score (nSPS) is 11.9. The molecule has 0 fully saturated rings. The van der Waals surface area contributed by atoms with E-state index in [0.717, 1.165) is 5.39 Å². The van der Waals surface area contributed by atoms with Gasteiger partial charge in [-0.15, -0.1) is 6.58 Å². The monoisotopic (exact) mass is 290 g/mol. The molecule has 106 valence electrons. The first kappa shape index (κ1) is 14.6. The van der Waals surface area contributed by atoms with Crippen LogP contribution in [-0.2, 0) is 10.0 Å². The first-order chi connectivity index (χ1) is 9.52. The van der Waals surface area contributed by atoms with E-state index in [2.05, 4.69) is 6.58 Å². The summed E-state index contributed by atoms with van der Waals surface area (Å²) in [6, 6.07) is 10.5. The number of nitrogen functional groups attached to an aromatic ring is 1. The molecule has 5 heteroatoms. The third kappa shape index (κ3) is 2.42. The molecule has 0 atom stereocenters. The lowest BCUT2D eigenvalue weighted by Gasteiger charge is -2.20. The molecule has 2 N–H and O–H groups in total. The molecule has 0 aliphatic heterocycles. The van der Waals surface area contributed by atoms with Crippen molar-refractivity contribution in [1.29, 1.82) is 0 Å². The smallest absolute Gasteiger partial charge is 0.243 e. The number of fused-ring (bicyclic) bond motifs is 1. The Labute approximate surface area is 119 Å². The predicted molar refractivity (Wildman–Crippen MR) is 83.0 cm³/mol. The van der Waals surface area contributed by atoms with Gasteiger partial charge in [0.2, 0.25) is 10.0 Å². The van der Waals surface area contributed by atoms with Gasteiger partial charge in [-0.05, 0) is 12.1 Å². The van der Waals surface area contributed by atoms with Crippen molar-refractivity contribution in [2.24, 2.45) is 0 Å². The first-order valence-corrected chi connectivity index (χ1v) is 7.84. The highest BCUT2D eigenvalue weighted by Crippen LogP contribution is 2.29. The van der Waals surface area contributed by atoms with E-state index in [4.69, 9.17) is 5.73 Å². The minimum Gasteiger partial charge on any atom is -0.398 e. The van der Waals surface area contributed by atoms with Gasteiger partial charge in [-0.3, -0.25) is 0 Å². The number of hydrogen-bond donors (Lipinski definition) is 1. The maximum atomic E-state index is 12.7. The molecular weight excluding hydrogens is 272 g/mol. The number of hydrogen-bond acceptors (Lipinski definition) is 3. The van der Waals surface area contributed by atoms with Crippen LogP contribution in [0.15, 0.2) is 53.9 Å². The van der Waals surface area contributed by atoms with Gasteiger partial charge in [0.25, 0.3) is 0 Å². The van der Waals surface area contributed by atoms with Crippen LogP contribution in [0.2, 0.25) is 0 Å². The molecule has 0 aliphatic carbocycles. The average Bonchev–Trinajstić information content (AvgIpc) is 2.45. The summed E-state index contributed by atoms with van der Waals surface area (Å²) in [4.78, 5) is 0.283. The second-order valence-corrected chi connectivity index (χ2v) is 6.35. The molecule has 4 nitrogen and oxygen atoms in total. The molecule has 0 aliphatic rings. The quantitative estimate of drug-likeness (QED) is 0.680. The summed E-state index contributed by atoms with van der Waals surface area (Å²) in [5.41, 5.74) is 6.49. The molecule has 0 unspecified atom stereocenters. The third-order valence-corrected chi connectivity index (χ3v) is 5.22. The summed E-state index contributed by atoms with van der Waals surface area (Å²) in [7, 11) is -3.55. The van der Waals surface area contributed by atoms with Crippen LogP contribution >= 0.6 is 0 Å². The maximum absolute atomic E-state index is 12.7. The van der Waals surface area contributed by atoms with Crippen LogP contribution in [0, 0.1) is 0 Å². The van der Waals surface area contributed by atoms with Gasteiger partial charge < -0.3 is 5.73 Å². The minimum absolute atomic E-state index is 0.283. The number of rotatable bonds is 5. The zero-order chi connectivity index (χ0) is 14.8. The van der Waals surface area contributed by atoms with Crippen molar-refractivity contribution in [3.63, 3.8) is 0 Å². The van der Waals surface area contributed by atoms with Crippen LogP contribution < -0.4 is 5.73 Å². The molecule has 0 spiro atoms. The molecule has 0 bridgehead atoms. The Morgan fingerprint density at radius 1 is 1.20 bits per heavy atom. The van der Waals surface area contributed by atoms with Gasteiger partial charge in [0.15, 0.2) is 0 Å². The van der Waals surface area contributed by atoms with Gasteiger partial charge in [0.05, 0.1) is 4.90 Å². The summed E-state index contributed by atoms with van der Waals surface area (Å²) in [6.45, 7) is 6.10. The number of nitrogens with zero attached hydrogens (tertiary/aromatic N) is 1. The lowest BCUT2D eigenvalue weighted by Crippen LogP contribution is -2.31. The zero-order valence-electron chi connectivity index (χ0n) is 11.4. The van der Waals surface area contributed by atoms with Crippen molar-refractivity contribution in [1.82, 2.24) is 4.31 Å². The van der Waals surface area contributed by atoms with Crippen LogP contribution in [0.5, 0.6) is 0 Å². The standard InChI is InChI=1S/C15H18N2O2S/c1-3-11-17(4-2)20(18,19)15-10-9-14(16)12-7-5-6-8-13(12)15/h3,5-10H,1,4,11,16H2,2H3. The Bertz CT molecular complexity index is 739. The Hall–Kier alpha value is -1.85. The average molecular weight is 290 g/mol. The van der Waals surface area contributed by atoms with Crippen molar-refractivity contribution >= 4 is 26.5 Å². The molecule has 20 heavy (non-hydrogen) atoms. The maximum Gasteiger partial charge on any atom is 0.243 e. The van der Waals surface area contributed by atoms with E-state index in [-0.39, 0.29) is 11.4 Å². The van der Waals surface area contributed by atoms with Crippen LogP contribution in [0.1, 0.15) is 6.92 Å². The Morgan fingerprint density at radius 2 is 1.85 bits per heavy atom. The van der Waals surface area contributed by atoms with E-state index in [1.165, 1.54) is 4.31 Å². The van der Waals surface area contributed by atoms with Gasteiger partial charge in [-0.25, -0.2) is 8.42 Å². The summed E-state index contributed by atoms with van der Waals surface area (Å²) in [6.07, 6.45) is 1.58. The fourth-order valence-corrected chi connectivity index (χ4v) is 3.82. The highest BCUT2D eigenvalue weighted by Gasteiger charge is 2.24. The lowest BCUT2D eigenvalue weighted by molar-refractivity contribution is 0.460. The van der Waals surface area contributed by atoms with E-state index in [1.807, 2.05) is 18.2 Å². The van der Waals surface area contributed by atoms with Crippen molar-refractivity contribution < 1.29 is 8.42 Å². The van der Waals surface area contributed by atoms with E-state index in [9.17, 15) is 8.42 Å². The van der Waals surface area contributed by atoms with Crippen LogP contribution in [0.25, 0.3) is 10.8 Å². The second kappa shape index (κ2) is 5.64. The summed E-state index contributed by atoms with van der Waals surface area (Å²) < 4.78 is 26.8. The molecule has 2 aromatic carbocycles. The van der Waals surface area contributed by atoms with Crippen molar-refractivity contribution in [2.75, 3.05) is 18.8 Å². The molecular formula is C15H18N2O2S. The molecule has 0 radical (unpaired) electrons. The largest absolute Gasteiger partial charge is 0.398 e. The molecule has 0 heterocycles. The second-order valence-electron chi connectivity index (χ2n) is 4.44. The predicted octanol–water partition coefficient (Wildman–Crippen LogP) is 2.62. The highest BCUT2D eigenvalue weighted by atomic mass is 32.2. The Balaban J connectivity index is 2.69. The molecule has 2 rings (SSSR count). The summed E-state index contributed by atoms with van der Waals surface area (Å²) in [5.74, 6) is 0. The molecule has 2 aromatic rings. The summed E-state index contributed by atoms with van der Waals surface area (Å²) in [5, 5.41) is 1.40. The van der Waals surface area contributed by atoms with Crippen molar-refractivity contribution in [2.45, 2.75) is 11.8 Å². The van der Waals surface area contributed by atoms with Crippen LogP contribution in [0.4, 0.5) is 5.69 Å². The number of nitrogens with two attached hydrogens (primary N) is 1. The van der Waals surface area contributed by atoms with Gasteiger partial charge in [-0.1, -0.05) is 37.3 Å². The topological polar surface area (TPSA) is 63.4 Å². The van der Waals surface area contributed by atoms with Crippen molar-refractivity contribution in [3.05, 3.63) is 49.1 Å². The lowest BCUT2D eigenvalue weighted by atomic mass is 10.1. The van der Waals surface area contributed by atoms with Gasteiger partial charge in [0.1, 0.15) is 0 Å².